The number of hydrogen-bond donors (Lipinski definition) is 1. The molecule has 0 aromatic heterocycles. The Labute approximate surface area is 122 Å². The fraction of sp³-hybridized carbons (Fsp3) is 0.188. The van der Waals surface area contributed by atoms with Gasteiger partial charge in [-0.3, -0.25) is 0 Å². The number of aromatic hydroxyl groups is 1. The summed E-state index contributed by atoms with van der Waals surface area (Å²) < 4.78 is 4.73. The molecular formula is C16H16O3S. The van der Waals surface area contributed by atoms with Gasteiger partial charge in [-0.15, -0.1) is 0 Å². The van der Waals surface area contributed by atoms with Gasteiger partial charge < -0.3 is 9.84 Å². The number of phenolic OH excluding ortho intramolecular Hbond substituents is 1. The number of hydrogen-bond acceptors (Lipinski definition) is 4. The minimum atomic E-state index is -0.319. The summed E-state index contributed by atoms with van der Waals surface area (Å²) in [6.45, 7) is 2.05. The minimum absolute atomic E-state index is 0.256. The first kappa shape index (κ1) is 14.5. The molecule has 0 unspecified atom stereocenters. The first-order valence-corrected chi connectivity index (χ1v) is 7.13. The summed E-state index contributed by atoms with van der Waals surface area (Å²) in [5.41, 5.74) is 1.67. The van der Waals surface area contributed by atoms with Gasteiger partial charge in [-0.1, -0.05) is 18.7 Å². The van der Waals surface area contributed by atoms with Crippen molar-refractivity contribution in [2.75, 3.05) is 7.11 Å². The van der Waals surface area contributed by atoms with E-state index in [1.54, 1.807) is 30.0 Å². The van der Waals surface area contributed by atoms with Gasteiger partial charge in [-0.2, -0.15) is 0 Å². The van der Waals surface area contributed by atoms with Gasteiger partial charge in [-0.25, -0.2) is 4.79 Å². The van der Waals surface area contributed by atoms with E-state index in [0.29, 0.717) is 5.56 Å². The minimum Gasteiger partial charge on any atom is -0.508 e. The van der Waals surface area contributed by atoms with E-state index in [-0.39, 0.29) is 11.7 Å². The van der Waals surface area contributed by atoms with E-state index in [0.717, 1.165) is 21.8 Å². The maximum atomic E-state index is 11.5. The van der Waals surface area contributed by atoms with Crippen LogP contribution < -0.4 is 0 Å². The molecule has 0 saturated heterocycles. The molecule has 2 aromatic rings. The first-order chi connectivity index (χ1) is 9.63. The van der Waals surface area contributed by atoms with Crippen LogP contribution in [0.2, 0.25) is 0 Å². The molecule has 104 valence electrons. The van der Waals surface area contributed by atoms with Crippen molar-refractivity contribution in [2.24, 2.45) is 0 Å². The molecular weight excluding hydrogens is 272 g/mol. The van der Waals surface area contributed by atoms with Gasteiger partial charge in [-0.05, 0) is 54.4 Å². The predicted molar refractivity (Wildman–Crippen MR) is 79.4 cm³/mol. The molecule has 4 heteroatoms. The van der Waals surface area contributed by atoms with Gasteiger partial charge in [0, 0.05) is 9.79 Å². The molecule has 0 radical (unpaired) electrons. The lowest BCUT2D eigenvalue weighted by Gasteiger charge is -2.09. The Kier molecular flexibility index (Phi) is 4.69. The molecule has 0 saturated carbocycles. The number of ether oxygens (including phenoxy) is 1. The van der Waals surface area contributed by atoms with Crippen molar-refractivity contribution < 1.29 is 14.6 Å². The summed E-state index contributed by atoms with van der Waals surface area (Å²) >= 11 is 1.61. The fourth-order valence-electron chi connectivity index (χ4n) is 1.84. The summed E-state index contributed by atoms with van der Waals surface area (Å²) in [5.74, 6) is -0.0630. The second kappa shape index (κ2) is 6.48. The average Bonchev–Trinajstić information content (AvgIpc) is 2.49. The van der Waals surface area contributed by atoms with Crippen LogP contribution in [0.3, 0.4) is 0 Å². The van der Waals surface area contributed by atoms with E-state index in [2.05, 4.69) is 6.92 Å². The average molecular weight is 288 g/mol. The standard InChI is InChI=1S/C16H16O3S/c1-3-11-10-12(16(18)19-2)4-9-15(11)20-14-7-5-13(17)6-8-14/h4-10,17H,3H2,1-2H3. The van der Waals surface area contributed by atoms with Crippen molar-refractivity contribution in [1.29, 1.82) is 0 Å². The van der Waals surface area contributed by atoms with Gasteiger partial charge >= 0.3 is 5.97 Å². The highest BCUT2D eigenvalue weighted by Crippen LogP contribution is 2.32. The Balaban J connectivity index is 2.27. The van der Waals surface area contributed by atoms with Crippen molar-refractivity contribution in [3.8, 4) is 5.75 Å². The third-order valence-corrected chi connectivity index (χ3v) is 4.05. The molecule has 0 amide bonds. The Morgan fingerprint density at radius 1 is 1.20 bits per heavy atom. The van der Waals surface area contributed by atoms with Crippen LogP contribution in [0, 0.1) is 0 Å². The molecule has 1 N–H and O–H groups in total. The number of carbonyl (C=O) groups excluding carboxylic acids is 1. The van der Waals surface area contributed by atoms with Crippen LogP contribution in [0.25, 0.3) is 0 Å². The number of carbonyl (C=O) groups is 1. The molecule has 0 heterocycles. The highest BCUT2D eigenvalue weighted by Gasteiger charge is 2.10. The Morgan fingerprint density at radius 3 is 2.50 bits per heavy atom. The zero-order valence-electron chi connectivity index (χ0n) is 11.4. The number of benzene rings is 2. The predicted octanol–water partition coefficient (Wildman–Crippen LogP) is 3.89. The molecule has 20 heavy (non-hydrogen) atoms. The third kappa shape index (κ3) is 3.33. The van der Waals surface area contributed by atoms with Crippen LogP contribution >= 0.6 is 11.8 Å². The largest absolute Gasteiger partial charge is 0.508 e. The normalized spacial score (nSPS) is 10.3. The summed E-state index contributed by atoms with van der Waals surface area (Å²) in [5, 5.41) is 9.29. The number of aryl methyl sites for hydroxylation is 1. The molecule has 2 aromatic carbocycles. The lowest BCUT2D eigenvalue weighted by Crippen LogP contribution is -2.02. The molecule has 0 aliphatic heterocycles. The molecule has 2 rings (SSSR count). The van der Waals surface area contributed by atoms with Crippen LogP contribution in [0.5, 0.6) is 5.75 Å². The van der Waals surface area contributed by atoms with Crippen molar-refractivity contribution in [3.63, 3.8) is 0 Å². The van der Waals surface area contributed by atoms with E-state index in [1.165, 1.54) is 7.11 Å². The van der Waals surface area contributed by atoms with E-state index < -0.39 is 0 Å². The van der Waals surface area contributed by atoms with Gasteiger partial charge in [0.05, 0.1) is 12.7 Å². The van der Waals surface area contributed by atoms with Crippen molar-refractivity contribution in [3.05, 3.63) is 53.6 Å². The zero-order chi connectivity index (χ0) is 14.5. The molecule has 0 atom stereocenters. The second-order valence-electron chi connectivity index (χ2n) is 4.26. The number of rotatable bonds is 4. The molecule has 0 fully saturated rings. The SMILES string of the molecule is CCc1cc(C(=O)OC)ccc1Sc1ccc(O)cc1. The van der Waals surface area contributed by atoms with Crippen molar-refractivity contribution >= 4 is 17.7 Å². The monoisotopic (exact) mass is 288 g/mol. The quantitative estimate of drug-likeness (QED) is 0.867. The molecule has 0 spiro atoms. The van der Waals surface area contributed by atoms with Crippen LogP contribution in [-0.4, -0.2) is 18.2 Å². The number of methoxy groups -OCH3 is 1. The summed E-state index contributed by atoms with van der Waals surface area (Å²) in [4.78, 5) is 13.7. The summed E-state index contributed by atoms with van der Waals surface area (Å²) in [7, 11) is 1.38. The first-order valence-electron chi connectivity index (χ1n) is 6.32. The van der Waals surface area contributed by atoms with E-state index >= 15 is 0 Å². The lowest BCUT2D eigenvalue weighted by atomic mass is 10.1. The smallest absolute Gasteiger partial charge is 0.337 e. The van der Waals surface area contributed by atoms with Crippen molar-refractivity contribution in [2.45, 2.75) is 23.1 Å². The Morgan fingerprint density at radius 2 is 1.90 bits per heavy atom. The van der Waals surface area contributed by atoms with E-state index in [9.17, 15) is 9.90 Å². The van der Waals surface area contributed by atoms with E-state index in [4.69, 9.17) is 4.74 Å². The molecule has 0 aliphatic rings. The Bertz CT molecular complexity index is 606. The van der Waals surface area contributed by atoms with Crippen LogP contribution in [0.4, 0.5) is 0 Å². The maximum Gasteiger partial charge on any atom is 0.337 e. The maximum absolute atomic E-state index is 11.5. The number of esters is 1. The van der Waals surface area contributed by atoms with Crippen molar-refractivity contribution in [1.82, 2.24) is 0 Å². The van der Waals surface area contributed by atoms with Crippen LogP contribution in [-0.2, 0) is 11.2 Å². The van der Waals surface area contributed by atoms with Crippen LogP contribution in [0.15, 0.2) is 52.3 Å². The molecule has 3 nitrogen and oxygen atoms in total. The van der Waals surface area contributed by atoms with Gasteiger partial charge in [0.25, 0.3) is 0 Å². The number of phenols is 1. The fourth-order valence-corrected chi connectivity index (χ4v) is 2.84. The summed E-state index contributed by atoms with van der Waals surface area (Å²) in [6, 6.07) is 12.6. The van der Waals surface area contributed by atoms with Gasteiger partial charge in [0.15, 0.2) is 0 Å². The molecule has 0 aliphatic carbocycles. The lowest BCUT2D eigenvalue weighted by molar-refractivity contribution is 0.0600. The van der Waals surface area contributed by atoms with E-state index in [1.807, 2.05) is 24.3 Å². The van der Waals surface area contributed by atoms with Gasteiger partial charge in [0.2, 0.25) is 0 Å². The molecule has 0 bridgehead atoms. The second-order valence-corrected chi connectivity index (χ2v) is 5.38. The Hall–Kier alpha value is -1.94. The summed E-state index contributed by atoms with van der Waals surface area (Å²) in [6.07, 6.45) is 0.839. The van der Waals surface area contributed by atoms with Crippen LogP contribution in [0.1, 0.15) is 22.8 Å². The highest BCUT2D eigenvalue weighted by atomic mass is 32.2. The highest BCUT2D eigenvalue weighted by molar-refractivity contribution is 7.99. The topological polar surface area (TPSA) is 46.5 Å². The van der Waals surface area contributed by atoms with Gasteiger partial charge in [0.1, 0.15) is 5.75 Å². The third-order valence-electron chi connectivity index (χ3n) is 2.93. The zero-order valence-corrected chi connectivity index (χ0v) is 12.2.